The third-order valence-electron chi connectivity index (χ3n) is 2.68. The first-order valence-electron chi connectivity index (χ1n) is 5.61. The summed E-state index contributed by atoms with van der Waals surface area (Å²) in [7, 11) is 1.55. The van der Waals surface area contributed by atoms with E-state index in [0.717, 1.165) is 11.5 Å². The molecule has 5 heteroatoms. The van der Waals surface area contributed by atoms with Gasteiger partial charge in [-0.2, -0.15) is 0 Å². The van der Waals surface area contributed by atoms with Gasteiger partial charge in [0.05, 0.1) is 12.8 Å². The van der Waals surface area contributed by atoms with Crippen molar-refractivity contribution in [2.45, 2.75) is 13.3 Å². The maximum Gasteiger partial charge on any atom is 0.128 e. The molecule has 96 valence electrons. The molecule has 1 aromatic carbocycles. The Morgan fingerprint density at radius 1 is 1.44 bits per heavy atom. The summed E-state index contributed by atoms with van der Waals surface area (Å²) in [5, 5.41) is 0. The van der Waals surface area contributed by atoms with Gasteiger partial charge in [0.1, 0.15) is 17.4 Å². The SMILES string of the molecule is COc1ccc(F)cc1-c1nc(CCCl)[nH]c1C. The van der Waals surface area contributed by atoms with Gasteiger partial charge in [-0.1, -0.05) is 0 Å². The number of aryl methyl sites for hydroxylation is 2. The van der Waals surface area contributed by atoms with E-state index in [0.29, 0.717) is 29.3 Å². The van der Waals surface area contributed by atoms with Gasteiger partial charge in [0.25, 0.3) is 0 Å². The van der Waals surface area contributed by atoms with Crippen LogP contribution in [0.15, 0.2) is 18.2 Å². The van der Waals surface area contributed by atoms with Crippen LogP contribution in [0.4, 0.5) is 4.39 Å². The number of methoxy groups -OCH3 is 1. The van der Waals surface area contributed by atoms with Gasteiger partial charge in [0.2, 0.25) is 0 Å². The maximum atomic E-state index is 13.3. The second-order valence-corrected chi connectivity index (χ2v) is 4.32. The first-order chi connectivity index (χ1) is 8.65. The molecule has 0 spiro atoms. The van der Waals surface area contributed by atoms with Gasteiger partial charge < -0.3 is 9.72 Å². The van der Waals surface area contributed by atoms with Crippen molar-refractivity contribution in [3.63, 3.8) is 0 Å². The molecule has 0 fully saturated rings. The van der Waals surface area contributed by atoms with Crippen molar-refractivity contribution in [3.05, 3.63) is 35.5 Å². The number of aromatic amines is 1. The van der Waals surface area contributed by atoms with Crippen LogP contribution in [0.3, 0.4) is 0 Å². The van der Waals surface area contributed by atoms with E-state index >= 15 is 0 Å². The lowest BCUT2D eigenvalue weighted by Gasteiger charge is -2.06. The van der Waals surface area contributed by atoms with Crippen LogP contribution in [0.25, 0.3) is 11.3 Å². The predicted molar refractivity (Wildman–Crippen MR) is 69.7 cm³/mol. The van der Waals surface area contributed by atoms with Crippen molar-refractivity contribution in [1.29, 1.82) is 0 Å². The Balaban J connectivity index is 2.50. The monoisotopic (exact) mass is 268 g/mol. The highest BCUT2D eigenvalue weighted by Gasteiger charge is 2.14. The standard InChI is InChI=1S/C13H14ClFN2O/c1-8-13(17-12(16-8)5-6-14)10-7-9(15)3-4-11(10)18-2/h3-4,7H,5-6H2,1-2H3,(H,16,17). The Hall–Kier alpha value is -1.55. The number of halogens is 2. The lowest BCUT2D eigenvalue weighted by Crippen LogP contribution is -1.91. The van der Waals surface area contributed by atoms with E-state index in [1.807, 2.05) is 6.92 Å². The van der Waals surface area contributed by atoms with Gasteiger partial charge in [-0.25, -0.2) is 9.37 Å². The zero-order chi connectivity index (χ0) is 13.1. The van der Waals surface area contributed by atoms with E-state index in [-0.39, 0.29) is 5.82 Å². The van der Waals surface area contributed by atoms with E-state index in [9.17, 15) is 4.39 Å². The highest BCUT2D eigenvalue weighted by molar-refractivity contribution is 6.17. The first-order valence-corrected chi connectivity index (χ1v) is 6.14. The molecular weight excluding hydrogens is 255 g/mol. The van der Waals surface area contributed by atoms with Gasteiger partial charge in [0, 0.05) is 23.6 Å². The van der Waals surface area contributed by atoms with Crippen molar-refractivity contribution < 1.29 is 9.13 Å². The van der Waals surface area contributed by atoms with Crippen LogP contribution >= 0.6 is 11.6 Å². The summed E-state index contributed by atoms with van der Waals surface area (Å²) in [5.74, 6) is 1.58. The summed E-state index contributed by atoms with van der Waals surface area (Å²) in [6.45, 7) is 1.89. The topological polar surface area (TPSA) is 37.9 Å². The predicted octanol–water partition coefficient (Wildman–Crippen LogP) is 3.31. The van der Waals surface area contributed by atoms with Gasteiger partial charge in [-0.05, 0) is 25.1 Å². The van der Waals surface area contributed by atoms with E-state index in [2.05, 4.69) is 9.97 Å². The second-order valence-electron chi connectivity index (χ2n) is 3.94. The maximum absolute atomic E-state index is 13.3. The number of hydrogen-bond donors (Lipinski definition) is 1. The fourth-order valence-electron chi connectivity index (χ4n) is 1.86. The number of rotatable bonds is 4. The number of nitrogens with zero attached hydrogens (tertiary/aromatic N) is 1. The van der Waals surface area contributed by atoms with E-state index in [1.54, 1.807) is 13.2 Å². The molecule has 0 amide bonds. The summed E-state index contributed by atoms with van der Waals surface area (Å²) in [5.41, 5.74) is 2.22. The van der Waals surface area contributed by atoms with Crippen LogP contribution in [0.5, 0.6) is 5.75 Å². The van der Waals surface area contributed by atoms with Gasteiger partial charge in [-0.15, -0.1) is 11.6 Å². The Kier molecular flexibility index (Phi) is 3.87. The van der Waals surface area contributed by atoms with E-state index in [4.69, 9.17) is 16.3 Å². The Morgan fingerprint density at radius 2 is 2.22 bits per heavy atom. The summed E-state index contributed by atoms with van der Waals surface area (Å²) in [4.78, 5) is 7.57. The Labute approximate surface area is 110 Å². The highest BCUT2D eigenvalue weighted by Crippen LogP contribution is 2.31. The van der Waals surface area contributed by atoms with Crippen molar-refractivity contribution in [1.82, 2.24) is 9.97 Å². The van der Waals surface area contributed by atoms with Gasteiger partial charge in [-0.3, -0.25) is 0 Å². The quantitative estimate of drug-likeness (QED) is 0.864. The largest absolute Gasteiger partial charge is 0.496 e. The molecule has 0 saturated heterocycles. The minimum absolute atomic E-state index is 0.313. The molecule has 1 N–H and O–H groups in total. The average Bonchev–Trinajstić information content (AvgIpc) is 2.70. The number of nitrogens with one attached hydrogen (secondary N) is 1. The van der Waals surface area contributed by atoms with E-state index in [1.165, 1.54) is 12.1 Å². The number of imidazole rings is 1. The van der Waals surface area contributed by atoms with Crippen molar-refractivity contribution in [3.8, 4) is 17.0 Å². The highest BCUT2D eigenvalue weighted by atomic mass is 35.5. The number of alkyl halides is 1. The Morgan fingerprint density at radius 3 is 2.89 bits per heavy atom. The van der Waals surface area contributed by atoms with Crippen molar-refractivity contribution in [2.75, 3.05) is 13.0 Å². The normalized spacial score (nSPS) is 10.7. The zero-order valence-corrected chi connectivity index (χ0v) is 11.0. The molecule has 0 aliphatic rings. The smallest absolute Gasteiger partial charge is 0.128 e. The summed E-state index contributed by atoms with van der Waals surface area (Å²) in [6.07, 6.45) is 0.653. The fourth-order valence-corrected chi connectivity index (χ4v) is 2.04. The first kappa shape index (κ1) is 12.9. The lowest BCUT2D eigenvalue weighted by atomic mass is 10.1. The molecule has 0 aliphatic carbocycles. The molecule has 0 bridgehead atoms. The summed E-state index contributed by atoms with van der Waals surface area (Å²) in [6, 6.07) is 4.39. The van der Waals surface area contributed by atoms with Gasteiger partial charge >= 0.3 is 0 Å². The molecule has 0 saturated carbocycles. The van der Waals surface area contributed by atoms with Crippen molar-refractivity contribution in [2.24, 2.45) is 0 Å². The molecule has 18 heavy (non-hydrogen) atoms. The molecule has 1 heterocycles. The fraction of sp³-hybridized carbons (Fsp3) is 0.308. The third kappa shape index (κ3) is 2.48. The molecule has 0 aliphatic heterocycles. The summed E-state index contributed by atoms with van der Waals surface area (Å²) >= 11 is 5.68. The minimum atomic E-state index is -0.313. The summed E-state index contributed by atoms with van der Waals surface area (Å²) < 4.78 is 18.6. The lowest BCUT2D eigenvalue weighted by molar-refractivity contribution is 0.415. The molecule has 0 radical (unpaired) electrons. The Bertz CT molecular complexity index is 554. The number of benzene rings is 1. The van der Waals surface area contributed by atoms with Crippen LogP contribution in [-0.2, 0) is 6.42 Å². The number of H-pyrrole nitrogens is 1. The molecule has 2 rings (SSSR count). The molecule has 0 atom stereocenters. The number of hydrogen-bond acceptors (Lipinski definition) is 2. The van der Waals surface area contributed by atoms with Crippen LogP contribution in [0, 0.1) is 12.7 Å². The molecule has 0 unspecified atom stereocenters. The van der Waals surface area contributed by atoms with E-state index < -0.39 is 0 Å². The average molecular weight is 269 g/mol. The zero-order valence-electron chi connectivity index (χ0n) is 10.3. The van der Waals surface area contributed by atoms with Crippen LogP contribution in [0.1, 0.15) is 11.5 Å². The minimum Gasteiger partial charge on any atom is -0.496 e. The van der Waals surface area contributed by atoms with Crippen LogP contribution < -0.4 is 4.74 Å². The molecule has 1 aromatic heterocycles. The van der Waals surface area contributed by atoms with Crippen molar-refractivity contribution >= 4 is 11.6 Å². The number of aromatic nitrogens is 2. The van der Waals surface area contributed by atoms with Crippen LogP contribution in [-0.4, -0.2) is 23.0 Å². The molecule has 3 nitrogen and oxygen atoms in total. The third-order valence-corrected chi connectivity index (χ3v) is 2.87. The number of ether oxygens (including phenoxy) is 1. The van der Waals surface area contributed by atoms with Gasteiger partial charge in [0.15, 0.2) is 0 Å². The second kappa shape index (κ2) is 5.40. The van der Waals surface area contributed by atoms with Crippen LogP contribution in [0.2, 0.25) is 0 Å². The molecular formula is C13H14ClFN2O. The molecule has 2 aromatic rings.